The first-order valence-electron chi connectivity index (χ1n) is 9.17. The Morgan fingerprint density at radius 3 is 2.50 bits per heavy atom. The summed E-state index contributed by atoms with van der Waals surface area (Å²) in [6.07, 6.45) is 3.78. The standard InChI is InChI=1S/C21H19Cl2N3OS/c22-15-6-9-17(18(23)12-15)20(27)24-16-7-4-14(5-8-16)19-13-28-21(25-19)26-10-2-1-3-11-26/h4-9,12-13H,1-3,10-11H2,(H,24,27). The topological polar surface area (TPSA) is 45.2 Å². The molecule has 28 heavy (non-hydrogen) atoms. The first-order chi connectivity index (χ1) is 13.6. The fraction of sp³-hybridized carbons (Fsp3) is 0.238. The summed E-state index contributed by atoms with van der Waals surface area (Å²) in [5.41, 5.74) is 3.08. The van der Waals surface area contributed by atoms with Gasteiger partial charge in [-0.1, -0.05) is 35.3 Å². The number of rotatable bonds is 4. The minimum atomic E-state index is -0.268. The Hall–Kier alpha value is -2.08. The van der Waals surface area contributed by atoms with E-state index in [-0.39, 0.29) is 5.91 Å². The molecule has 1 saturated heterocycles. The Morgan fingerprint density at radius 2 is 1.79 bits per heavy atom. The Balaban J connectivity index is 1.45. The van der Waals surface area contributed by atoms with Crippen molar-refractivity contribution in [3.05, 3.63) is 63.5 Å². The maximum absolute atomic E-state index is 12.4. The van der Waals surface area contributed by atoms with Crippen LogP contribution in [0.4, 0.5) is 10.8 Å². The van der Waals surface area contributed by atoms with Crippen LogP contribution in [-0.4, -0.2) is 24.0 Å². The van der Waals surface area contributed by atoms with Gasteiger partial charge in [-0.3, -0.25) is 4.79 Å². The molecule has 0 saturated carbocycles. The second-order valence-electron chi connectivity index (χ2n) is 6.72. The largest absolute Gasteiger partial charge is 0.348 e. The van der Waals surface area contributed by atoms with Crippen molar-refractivity contribution in [1.29, 1.82) is 0 Å². The van der Waals surface area contributed by atoms with Crippen molar-refractivity contribution in [3.63, 3.8) is 0 Å². The molecule has 144 valence electrons. The van der Waals surface area contributed by atoms with Gasteiger partial charge in [-0.05, 0) is 49.6 Å². The molecule has 0 radical (unpaired) electrons. The maximum atomic E-state index is 12.4. The van der Waals surface area contributed by atoms with E-state index in [9.17, 15) is 4.79 Å². The van der Waals surface area contributed by atoms with Crippen LogP contribution in [0.2, 0.25) is 10.0 Å². The Morgan fingerprint density at radius 1 is 1.04 bits per heavy atom. The molecular formula is C21H19Cl2N3OS. The average Bonchev–Trinajstić information content (AvgIpc) is 3.19. The number of piperidine rings is 1. The lowest BCUT2D eigenvalue weighted by molar-refractivity contribution is 0.102. The van der Waals surface area contributed by atoms with Crippen molar-refractivity contribution >= 4 is 51.3 Å². The van der Waals surface area contributed by atoms with Crippen molar-refractivity contribution in [2.24, 2.45) is 0 Å². The number of benzene rings is 2. The molecule has 0 spiro atoms. The van der Waals surface area contributed by atoms with Crippen molar-refractivity contribution in [3.8, 4) is 11.3 Å². The Bertz CT molecular complexity index is 982. The van der Waals surface area contributed by atoms with Crippen molar-refractivity contribution in [1.82, 2.24) is 4.98 Å². The molecule has 3 aromatic rings. The SMILES string of the molecule is O=C(Nc1ccc(-c2csc(N3CCCCC3)n2)cc1)c1ccc(Cl)cc1Cl. The molecule has 4 nitrogen and oxygen atoms in total. The van der Waals surface area contributed by atoms with Gasteiger partial charge in [-0.25, -0.2) is 4.98 Å². The third-order valence-electron chi connectivity index (χ3n) is 4.73. The Labute approximate surface area is 178 Å². The molecule has 1 aliphatic rings. The third-order valence-corrected chi connectivity index (χ3v) is 6.18. The number of aromatic nitrogens is 1. The average molecular weight is 432 g/mol. The number of amides is 1. The van der Waals surface area contributed by atoms with E-state index in [2.05, 4.69) is 15.6 Å². The van der Waals surface area contributed by atoms with Crippen molar-refractivity contribution < 1.29 is 4.79 Å². The number of carbonyl (C=O) groups excluding carboxylic acids is 1. The van der Waals surface area contributed by atoms with Gasteiger partial charge in [0, 0.05) is 34.7 Å². The van der Waals surface area contributed by atoms with Gasteiger partial charge >= 0.3 is 0 Å². The summed E-state index contributed by atoms with van der Waals surface area (Å²) in [5, 5.41) is 6.86. The molecule has 4 rings (SSSR count). The van der Waals surface area contributed by atoms with E-state index in [1.807, 2.05) is 24.3 Å². The highest BCUT2D eigenvalue weighted by molar-refractivity contribution is 7.14. The first-order valence-corrected chi connectivity index (χ1v) is 10.8. The summed E-state index contributed by atoms with van der Waals surface area (Å²) in [6.45, 7) is 2.18. The van der Waals surface area contributed by atoms with Gasteiger partial charge in [0.2, 0.25) is 0 Å². The molecule has 1 fully saturated rings. The minimum absolute atomic E-state index is 0.268. The summed E-state index contributed by atoms with van der Waals surface area (Å²) in [6, 6.07) is 12.5. The fourth-order valence-corrected chi connectivity index (χ4v) is 4.61. The second kappa shape index (κ2) is 8.52. The van der Waals surface area contributed by atoms with Gasteiger partial charge in [0.15, 0.2) is 5.13 Å². The number of carbonyl (C=O) groups is 1. The van der Waals surface area contributed by atoms with E-state index < -0.39 is 0 Å². The molecule has 2 heterocycles. The number of thiazole rings is 1. The van der Waals surface area contributed by atoms with E-state index in [1.54, 1.807) is 29.5 Å². The lowest BCUT2D eigenvalue weighted by Gasteiger charge is -2.25. The van der Waals surface area contributed by atoms with Crippen LogP contribution in [0.1, 0.15) is 29.6 Å². The summed E-state index contributed by atoms with van der Waals surface area (Å²) in [4.78, 5) is 19.6. The third kappa shape index (κ3) is 4.32. The normalized spacial score (nSPS) is 14.1. The van der Waals surface area contributed by atoms with Crippen molar-refractivity contribution in [2.75, 3.05) is 23.3 Å². The highest BCUT2D eigenvalue weighted by atomic mass is 35.5. The molecule has 1 aliphatic heterocycles. The zero-order chi connectivity index (χ0) is 19.5. The van der Waals surface area contributed by atoms with E-state index in [1.165, 1.54) is 19.3 Å². The van der Waals surface area contributed by atoms with E-state index in [4.69, 9.17) is 28.2 Å². The van der Waals surface area contributed by atoms with Gasteiger partial charge in [0.05, 0.1) is 16.3 Å². The zero-order valence-corrected chi connectivity index (χ0v) is 17.4. The van der Waals surface area contributed by atoms with Crippen LogP contribution in [0, 0.1) is 0 Å². The molecule has 0 unspecified atom stereocenters. The van der Waals surface area contributed by atoms with Gasteiger partial charge in [-0.15, -0.1) is 11.3 Å². The molecule has 1 aromatic heterocycles. The number of hydrogen-bond acceptors (Lipinski definition) is 4. The number of nitrogens with one attached hydrogen (secondary N) is 1. The summed E-state index contributed by atoms with van der Waals surface area (Å²) in [5.74, 6) is -0.268. The lowest BCUT2D eigenvalue weighted by atomic mass is 10.1. The number of halogens is 2. The first kappa shape index (κ1) is 19.2. The van der Waals surface area contributed by atoms with Gasteiger partial charge in [0.1, 0.15) is 0 Å². The molecule has 1 N–H and O–H groups in total. The van der Waals surface area contributed by atoms with Gasteiger partial charge in [-0.2, -0.15) is 0 Å². The summed E-state index contributed by atoms with van der Waals surface area (Å²) in [7, 11) is 0. The van der Waals surface area contributed by atoms with Gasteiger partial charge < -0.3 is 10.2 Å². The van der Waals surface area contributed by atoms with Crippen LogP contribution < -0.4 is 10.2 Å². The fourth-order valence-electron chi connectivity index (χ4n) is 3.22. The van der Waals surface area contributed by atoms with Crippen LogP contribution in [0.15, 0.2) is 47.8 Å². The van der Waals surface area contributed by atoms with Crippen LogP contribution in [-0.2, 0) is 0 Å². The maximum Gasteiger partial charge on any atom is 0.257 e. The van der Waals surface area contributed by atoms with Crippen LogP contribution >= 0.6 is 34.5 Å². The smallest absolute Gasteiger partial charge is 0.257 e. The molecule has 1 amide bonds. The summed E-state index contributed by atoms with van der Waals surface area (Å²) < 4.78 is 0. The predicted molar refractivity (Wildman–Crippen MR) is 118 cm³/mol. The summed E-state index contributed by atoms with van der Waals surface area (Å²) >= 11 is 13.7. The Kier molecular flexibility index (Phi) is 5.85. The van der Waals surface area contributed by atoms with E-state index in [0.717, 1.165) is 29.5 Å². The number of anilines is 2. The van der Waals surface area contributed by atoms with Crippen LogP contribution in [0.25, 0.3) is 11.3 Å². The van der Waals surface area contributed by atoms with E-state index >= 15 is 0 Å². The van der Waals surface area contributed by atoms with E-state index in [0.29, 0.717) is 21.3 Å². The second-order valence-corrected chi connectivity index (χ2v) is 8.40. The zero-order valence-electron chi connectivity index (χ0n) is 15.1. The number of nitrogens with zero attached hydrogens (tertiary/aromatic N) is 2. The molecule has 0 atom stereocenters. The van der Waals surface area contributed by atoms with Gasteiger partial charge in [0.25, 0.3) is 5.91 Å². The highest BCUT2D eigenvalue weighted by Gasteiger charge is 2.15. The van der Waals surface area contributed by atoms with Crippen molar-refractivity contribution in [2.45, 2.75) is 19.3 Å². The monoisotopic (exact) mass is 431 g/mol. The van der Waals surface area contributed by atoms with Crippen LogP contribution in [0.3, 0.4) is 0 Å². The predicted octanol–water partition coefficient (Wildman–Crippen LogP) is 6.36. The molecule has 0 aliphatic carbocycles. The molecule has 7 heteroatoms. The highest BCUT2D eigenvalue weighted by Crippen LogP contribution is 2.30. The quantitative estimate of drug-likeness (QED) is 0.522. The van der Waals surface area contributed by atoms with Crippen LogP contribution in [0.5, 0.6) is 0 Å². The lowest BCUT2D eigenvalue weighted by Crippen LogP contribution is -2.29. The number of hydrogen-bond donors (Lipinski definition) is 1. The minimum Gasteiger partial charge on any atom is -0.348 e. The molecular weight excluding hydrogens is 413 g/mol. The molecule has 0 bridgehead atoms. The molecule has 2 aromatic carbocycles.